The van der Waals surface area contributed by atoms with Crippen LogP contribution in [-0.4, -0.2) is 24.6 Å². The van der Waals surface area contributed by atoms with Crippen LogP contribution in [0.5, 0.6) is 5.75 Å². The van der Waals surface area contributed by atoms with E-state index in [0.717, 1.165) is 5.56 Å². The minimum absolute atomic E-state index is 0.273. The highest BCUT2D eigenvalue weighted by Gasteiger charge is 2.21. The summed E-state index contributed by atoms with van der Waals surface area (Å²) in [5.41, 5.74) is 1.79. The molecule has 25 heavy (non-hydrogen) atoms. The van der Waals surface area contributed by atoms with Crippen LogP contribution in [0.3, 0.4) is 0 Å². The Labute approximate surface area is 148 Å². The van der Waals surface area contributed by atoms with Gasteiger partial charge in [0, 0.05) is 0 Å². The number of ether oxygens (including phenoxy) is 2. The van der Waals surface area contributed by atoms with Crippen LogP contribution in [0.4, 0.5) is 5.69 Å². The Morgan fingerprint density at radius 1 is 1.08 bits per heavy atom. The third kappa shape index (κ3) is 5.08. The Balaban J connectivity index is 2.13. The van der Waals surface area contributed by atoms with Gasteiger partial charge in [0.05, 0.1) is 17.9 Å². The lowest BCUT2D eigenvalue weighted by molar-refractivity contribution is -0.122. The normalized spacial score (nSPS) is 11.5. The van der Waals surface area contributed by atoms with Crippen molar-refractivity contribution < 1.29 is 19.1 Å². The maximum atomic E-state index is 12.6. The van der Waals surface area contributed by atoms with E-state index in [2.05, 4.69) is 5.32 Å². The molecule has 0 saturated carbocycles. The van der Waals surface area contributed by atoms with Crippen LogP contribution < -0.4 is 10.1 Å². The number of hydrogen-bond donors (Lipinski definition) is 1. The van der Waals surface area contributed by atoms with E-state index >= 15 is 0 Å². The SMILES string of the molecule is CCOC(=O)c1ccccc1NC(=O)[C@H](CC)Oc1cccc(C)c1. The van der Waals surface area contributed by atoms with Crippen LogP contribution in [0.25, 0.3) is 0 Å². The van der Waals surface area contributed by atoms with Crippen molar-refractivity contribution in [2.24, 2.45) is 0 Å². The molecule has 1 N–H and O–H groups in total. The van der Waals surface area contributed by atoms with Gasteiger partial charge in [0.15, 0.2) is 6.10 Å². The first-order chi connectivity index (χ1) is 12.0. The maximum absolute atomic E-state index is 12.6. The summed E-state index contributed by atoms with van der Waals surface area (Å²) in [6, 6.07) is 14.3. The lowest BCUT2D eigenvalue weighted by atomic mass is 10.1. The van der Waals surface area contributed by atoms with Gasteiger partial charge in [-0.1, -0.05) is 31.2 Å². The highest BCUT2D eigenvalue weighted by atomic mass is 16.5. The molecular formula is C20H23NO4. The molecule has 1 amide bonds. The number of benzene rings is 2. The molecule has 0 aliphatic heterocycles. The molecule has 1 atom stereocenters. The van der Waals surface area contributed by atoms with Gasteiger partial charge in [-0.2, -0.15) is 0 Å². The van der Waals surface area contributed by atoms with E-state index in [-0.39, 0.29) is 12.5 Å². The van der Waals surface area contributed by atoms with Crippen molar-refractivity contribution in [2.45, 2.75) is 33.3 Å². The number of carbonyl (C=O) groups is 2. The molecule has 0 bridgehead atoms. The van der Waals surface area contributed by atoms with Gasteiger partial charge in [0.1, 0.15) is 5.75 Å². The Bertz CT molecular complexity index is 742. The molecule has 0 saturated heterocycles. The molecule has 5 nitrogen and oxygen atoms in total. The quantitative estimate of drug-likeness (QED) is 0.774. The van der Waals surface area contributed by atoms with Crippen LogP contribution in [0, 0.1) is 6.92 Å². The maximum Gasteiger partial charge on any atom is 0.340 e. The number of amides is 1. The summed E-state index contributed by atoms with van der Waals surface area (Å²) in [4.78, 5) is 24.6. The van der Waals surface area contributed by atoms with Crippen LogP contribution in [0.1, 0.15) is 36.2 Å². The van der Waals surface area contributed by atoms with Gasteiger partial charge in [-0.15, -0.1) is 0 Å². The van der Waals surface area contributed by atoms with Gasteiger partial charge < -0.3 is 14.8 Å². The van der Waals surface area contributed by atoms with E-state index in [0.29, 0.717) is 23.4 Å². The lowest BCUT2D eigenvalue weighted by Crippen LogP contribution is -2.33. The lowest BCUT2D eigenvalue weighted by Gasteiger charge is -2.18. The van der Waals surface area contributed by atoms with Crippen LogP contribution in [0.15, 0.2) is 48.5 Å². The fraction of sp³-hybridized carbons (Fsp3) is 0.300. The third-order valence-electron chi connectivity index (χ3n) is 3.61. The molecule has 5 heteroatoms. The summed E-state index contributed by atoms with van der Waals surface area (Å²) in [5, 5.41) is 2.77. The Hall–Kier alpha value is -2.82. The molecule has 132 valence electrons. The molecule has 0 aliphatic carbocycles. The van der Waals surface area contributed by atoms with Crippen LogP contribution in [-0.2, 0) is 9.53 Å². The number of hydrogen-bond acceptors (Lipinski definition) is 4. The van der Waals surface area contributed by atoms with E-state index in [4.69, 9.17) is 9.47 Å². The number of para-hydroxylation sites is 1. The van der Waals surface area contributed by atoms with Crippen molar-refractivity contribution in [3.05, 3.63) is 59.7 Å². The molecule has 0 fully saturated rings. The summed E-state index contributed by atoms with van der Waals surface area (Å²) in [6.07, 6.45) is -0.154. The Morgan fingerprint density at radius 3 is 2.52 bits per heavy atom. The van der Waals surface area contributed by atoms with Crippen molar-refractivity contribution in [3.8, 4) is 5.75 Å². The van der Waals surface area contributed by atoms with Crippen molar-refractivity contribution in [3.63, 3.8) is 0 Å². The first-order valence-electron chi connectivity index (χ1n) is 8.35. The molecule has 0 spiro atoms. The molecule has 2 rings (SSSR count). The number of rotatable bonds is 7. The minimum Gasteiger partial charge on any atom is -0.481 e. The second kappa shape index (κ2) is 8.87. The van der Waals surface area contributed by atoms with Gasteiger partial charge in [-0.05, 0) is 50.1 Å². The van der Waals surface area contributed by atoms with Gasteiger partial charge in [-0.3, -0.25) is 4.79 Å². The molecular weight excluding hydrogens is 318 g/mol. The summed E-state index contributed by atoms with van der Waals surface area (Å²) in [6.45, 7) is 5.85. The standard InChI is InChI=1S/C20H23NO4/c1-4-18(25-15-10-8-9-14(3)13-15)19(22)21-17-12-7-6-11-16(17)20(23)24-5-2/h6-13,18H,4-5H2,1-3H3,(H,21,22)/t18-/m0/s1. The average Bonchev–Trinajstić information content (AvgIpc) is 2.60. The summed E-state index contributed by atoms with van der Waals surface area (Å²) in [7, 11) is 0. The number of nitrogens with one attached hydrogen (secondary N) is 1. The van der Waals surface area contributed by atoms with Crippen molar-refractivity contribution in [1.29, 1.82) is 0 Å². The van der Waals surface area contributed by atoms with E-state index < -0.39 is 12.1 Å². The van der Waals surface area contributed by atoms with Gasteiger partial charge in [-0.25, -0.2) is 4.79 Å². The van der Waals surface area contributed by atoms with Crippen LogP contribution in [0.2, 0.25) is 0 Å². The predicted octanol–water partition coefficient (Wildman–Crippen LogP) is 3.97. The topological polar surface area (TPSA) is 64.6 Å². The van der Waals surface area contributed by atoms with E-state index in [1.165, 1.54) is 0 Å². The summed E-state index contributed by atoms with van der Waals surface area (Å²) in [5.74, 6) is -0.132. The largest absolute Gasteiger partial charge is 0.481 e. The fourth-order valence-electron chi connectivity index (χ4n) is 2.37. The smallest absolute Gasteiger partial charge is 0.340 e. The zero-order valence-corrected chi connectivity index (χ0v) is 14.7. The van der Waals surface area contributed by atoms with E-state index in [9.17, 15) is 9.59 Å². The van der Waals surface area contributed by atoms with Crippen molar-refractivity contribution in [1.82, 2.24) is 0 Å². The second-order valence-electron chi connectivity index (χ2n) is 5.59. The Morgan fingerprint density at radius 2 is 1.84 bits per heavy atom. The van der Waals surface area contributed by atoms with Crippen LogP contribution >= 0.6 is 0 Å². The monoisotopic (exact) mass is 341 g/mol. The van der Waals surface area contributed by atoms with Gasteiger partial charge in [0.2, 0.25) is 0 Å². The highest BCUT2D eigenvalue weighted by Crippen LogP contribution is 2.19. The zero-order valence-electron chi connectivity index (χ0n) is 14.7. The Kier molecular flexibility index (Phi) is 6.57. The van der Waals surface area contributed by atoms with Gasteiger partial charge in [0.25, 0.3) is 5.91 Å². The molecule has 2 aromatic carbocycles. The molecule has 0 aromatic heterocycles. The number of carbonyl (C=O) groups excluding carboxylic acids is 2. The molecule has 0 aliphatic rings. The fourth-order valence-corrected chi connectivity index (χ4v) is 2.37. The van der Waals surface area contributed by atoms with Gasteiger partial charge >= 0.3 is 5.97 Å². The molecule has 0 heterocycles. The first-order valence-corrected chi connectivity index (χ1v) is 8.35. The number of aryl methyl sites for hydroxylation is 1. The third-order valence-corrected chi connectivity index (χ3v) is 3.61. The van der Waals surface area contributed by atoms with E-state index in [1.807, 2.05) is 38.1 Å². The molecule has 2 aromatic rings. The first kappa shape index (κ1) is 18.5. The predicted molar refractivity (Wildman–Crippen MR) is 96.9 cm³/mol. The number of esters is 1. The highest BCUT2D eigenvalue weighted by molar-refractivity contribution is 6.02. The van der Waals surface area contributed by atoms with Crippen molar-refractivity contribution >= 4 is 17.6 Å². The zero-order chi connectivity index (χ0) is 18.2. The summed E-state index contributed by atoms with van der Waals surface area (Å²) < 4.78 is 10.8. The number of anilines is 1. The average molecular weight is 341 g/mol. The summed E-state index contributed by atoms with van der Waals surface area (Å²) >= 11 is 0. The molecule has 0 radical (unpaired) electrons. The second-order valence-corrected chi connectivity index (χ2v) is 5.59. The minimum atomic E-state index is -0.656. The van der Waals surface area contributed by atoms with Crippen molar-refractivity contribution in [2.75, 3.05) is 11.9 Å². The molecule has 0 unspecified atom stereocenters. The van der Waals surface area contributed by atoms with E-state index in [1.54, 1.807) is 31.2 Å².